The van der Waals surface area contributed by atoms with Crippen molar-refractivity contribution in [3.8, 4) is 11.1 Å². The molecule has 1 nitrogen and oxygen atoms in total. The van der Waals surface area contributed by atoms with Crippen molar-refractivity contribution in [3.05, 3.63) is 198 Å². The number of nitrogens with zero attached hydrogens (tertiary/aromatic N) is 1. The first-order valence-electron chi connectivity index (χ1n) is 22.1. The molecule has 0 saturated heterocycles. The van der Waals surface area contributed by atoms with Crippen LogP contribution in [0.5, 0.6) is 0 Å². The third-order valence-corrected chi connectivity index (χ3v) is 16.7. The SMILES string of the molecule is CCC(C)([Si+]C(CC)(CC)c1ccc2c(C3=CC=C(n4c5c(c6ccccc64)C=CC=CC5)CC3)c3ccccc3c(-c3ccc4ccccc4c3)c2c1)c1ccccc1. The Balaban J connectivity index is 1.20. The highest BCUT2D eigenvalue weighted by atomic mass is 28.2. The van der Waals surface area contributed by atoms with E-state index in [1.165, 1.54) is 93.6 Å². The highest BCUT2D eigenvalue weighted by Crippen LogP contribution is 2.48. The maximum Gasteiger partial charge on any atom is 0.505 e. The first kappa shape index (κ1) is 38.3. The molecule has 1 atom stereocenters. The molecule has 0 bridgehead atoms. The van der Waals surface area contributed by atoms with Crippen LogP contribution in [-0.2, 0) is 16.5 Å². The Kier molecular flexibility index (Phi) is 9.93. The van der Waals surface area contributed by atoms with Gasteiger partial charge in [0, 0.05) is 28.8 Å². The topological polar surface area (TPSA) is 4.93 Å². The minimum absolute atomic E-state index is 0.0466. The maximum absolute atomic E-state index is 2.63. The molecule has 1 radical (unpaired) electrons. The number of hydrogen-bond acceptors (Lipinski definition) is 0. The molecule has 7 aromatic carbocycles. The molecule has 0 amide bonds. The van der Waals surface area contributed by atoms with E-state index >= 15 is 0 Å². The molecule has 1 aromatic heterocycles. The van der Waals surface area contributed by atoms with Crippen LogP contribution in [0, 0.1) is 0 Å². The van der Waals surface area contributed by atoms with Crippen LogP contribution in [0.2, 0.25) is 0 Å². The molecule has 2 heteroatoms. The quantitative estimate of drug-likeness (QED) is 0.0960. The Morgan fingerprint density at radius 3 is 2.02 bits per heavy atom. The summed E-state index contributed by atoms with van der Waals surface area (Å²) in [7, 11) is 0.747. The van der Waals surface area contributed by atoms with Crippen LogP contribution in [0.25, 0.3) is 71.7 Å². The summed E-state index contributed by atoms with van der Waals surface area (Å²) >= 11 is 0. The monoisotopic (exact) mass is 791 g/mol. The molecule has 2 aliphatic carbocycles. The molecule has 293 valence electrons. The smallest absolute Gasteiger partial charge is 0.316 e. The fourth-order valence-electron chi connectivity index (χ4n) is 10.5. The number of fused-ring (bicyclic) bond motifs is 6. The Morgan fingerprint density at radius 1 is 0.567 bits per heavy atom. The van der Waals surface area contributed by atoms with Crippen LogP contribution >= 0.6 is 0 Å². The Labute approximate surface area is 358 Å². The molecule has 10 rings (SSSR count). The number of para-hydroxylation sites is 1. The zero-order chi connectivity index (χ0) is 40.8. The number of benzene rings is 7. The fourth-order valence-corrected chi connectivity index (χ4v) is 12.7. The van der Waals surface area contributed by atoms with Gasteiger partial charge >= 0.3 is 9.52 Å². The molecule has 0 N–H and O–H groups in total. The Bertz CT molecular complexity index is 3060. The van der Waals surface area contributed by atoms with Gasteiger partial charge in [0.25, 0.3) is 0 Å². The molecule has 1 heterocycles. The lowest BCUT2D eigenvalue weighted by Gasteiger charge is -2.29. The third-order valence-electron chi connectivity index (χ3n) is 14.0. The predicted molar refractivity (Wildman–Crippen MR) is 262 cm³/mol. The standard InChI is InChI=1S/C58H53NSi/c1-5-57(4,44-22-10-8-11-23-44)60-58(6-2,7-3)45-34-37-51-52(39-45)56(43-31-30-40-20-14-15-21-42(40)38-43)50-27-17-16-26-49(50)55(51)41-32-35-46(36-33-41)59-53-28-13-9-12-24-47(53)48-25-18-19-29-54(48)59/h8-27,29-32,34-35,37-39H,5-7,28,33,36H2,1-4H3/q+1. The fraction of sp³-hybridized carbons (Fsp3) is 0.207. The van der Waals surface area contributed by atoms with Gasteiger partial charge in [-0.25, -0.2) is 0 Å². The van der Waals surface area contributed by atoms with Crippen LogP contribution < -0.4 is 0 Å². The van der Waals surface area contributed by atoms with Gasteiger partial charge in [-0.15, -0.1) is 0 Å². The molecule has 2 aliphatic rings. The number of hydrogen-bond donors (Lipinski definition) is 0. The zero-order valence-corrected chi connectivity index (χ0v) is 36.4. The van der Waals surface area contributed by atoms with Crippen molar-refractivity contribution in [1.82, 2.24) is 4.57 Å². The second-order valence-electron chi connectivity index (χ2n) is 17.1. The highest BCUT2D eigenvalue weighted by molar-refractivity contribution is 6.44. The van der Waals surface area contributed by atoms with Crippen molar-refractivity contribution < 1.29 is 0 Å². The molecular weight excluding hydrogens is 739 g/mol. The van der Waals surface area contributed by atoms with Crippen molar-refractivity contribution in [3.63, 3.8) is 0 Å². The van der Waals surface area contributed by atoms with Crippen molar-refractivity contribution >= 4 is 70.1 Å². The van der Waals surface area contributed by atoms with Crippen molar-refractivity contribution in [2.24, 2.45) is 0 Å². The lowest BCUT2D eigenvalue weighted by atomic mass is 9.81. The van der Waals surface area contributed by atoms with Crippen LogP contribution in [0.3, 0.4) is 0 Å². The molecular formula is C58H53NSi+. The van der Waals surface area contributed by atoms with Gasteiger partial charge in [-0.1, -0.05) is 172 Å². The second-order valence-corrected chi connectivity index (χ2v) is 19.4. The van der Waals surface area contributed by atoms with Gasteiger partial charge in [-0.05, 0) is 129 Å². The predicted octanol–water partition coefficient (Wildman–Crippen LogP) is 15.7. The van der Waals surface area contributed by atoms with E-state index in [0.29, 0.717) is 0 Å². The van der Waals surface area contributed by atoms with E-state index in [9.17, 15) is 0 Å². The van der Waals surface area contributed by atoms with E-state index in [1.807, 2.05) is 0 Å². The molecule has 0 spiro atoms. The van der Waals surface area contributed by atoms with Crippen molar-refractivity contribution in [2.75, 3.05) is 0 Å². The summed E-state index contributed by atoms with van der Waals surface area (Å²) in [6.45, 7) is 9.74. The first-order valence-corrected chi connectivity index (χ1v) is 23.1. The van der Waals surface area contributed by atoms with E-state index in [-0.39, 0.29) is 10.1 Å². The summed E-state index contributed by atoms with van der Waals surface area (Å²) in [6, 6.07) is 53.0. The van der Waals surface area contributed by atoms with Gasteiger partial charge in [0.05, 0.1) is 5.52 Å². The van der Waals surface area contributed by atoms with E-state index in [1.54, 1.807) is 0 Å². The summed E-state index contributed by atoms with van der Waals surface area (Å²) in [5.41, 5.74) is 13.8. The Morgan fingerprint density at radius 2 is 1.27 bits per heavy atom. The van der Waals surface area contributed by atoms with E-state index in [2.05, 4.69) is 208 Å². The largest absolute Gasteiger partial charge is 0.505 e. The van der Waals surface area contributed by atoms with Crippen LogP contribution in [-0.4, -0.2) is 14.1 Å². The lowest BCUT2D eigenvalue weighted by Crippen LogP contribution is -2.44. The number of allylic oxidation sites excluding steroid dienone is 7. The summed E-state index contributed by atoms with van der Waals surface area (Å²) < 4.78 is 2.55. The molecule has 1 unspecified atom stereocenters. The van der Waals surface area contributed by atoms with Crippen LogP contribution in [0.4, 0.5) is 0 Å². The van der Waals surface area contributed by atoms with Gasteiger partial charge in [0.15, 0.2) is 0 Å². The molecule has 8 aromatic rings. The van der Waals surface area contributed by atoms with Crippen molar-refractivity contribution in [1.29, 1.82) is 0 Å². The van der Waals surface area contributed by atoms with Crippen LogP contribution in [0.1, 0.15) is 87.7 Å². The average molecular weight is 792 g/mol. The number of aromatic nitrogens is 1. The molecule has 0 saturated carbocycles. The van der Waals surface area contributed by atoms with E-state index in [0.717, 1.165) is 48.0 Å². The normalized spacial score (nSPS) is 15.2. The minimum atomic E-state index is 0.0466. The minimum Gasteiger partial charge on any atom is -0.316 e. The van der Waals surface area contributed by atoms with Crippen molar-refractivity contribution in [2.45, 2.75) is 76.3 Å². The van der Waals surface area contributed by atoms with Gasteiger partial charge in [-0.2, -0.15) is 0 Å². The number of rotatable bonds is 10. The zero-order valence-electron chi connectivity index (χ0n) is 35.4. The maximum atomic E-state index is 2.63. The second kappa shape index (κ2) is 15.6. The molecule has 0 aliphatic heterocycles. The summed E-state index contributed by atoms with van der Waals surface area (Å²) in [5, 5.41) is 9.40. The van der Waals surface area contributed by atoms with Gasteiger partial charge < -0.3 is 4.57 Å². The average Bonchev–Trinajstić information content (AvgIpc) is 3.42. The van der Waals surface area contributed by atoms with Gasteiger partial charge in [-0.3, -0.25) is 0 Å². The molecule has 0 fully saturated rings. The van der Waals surface area contributed by atoms with E-state index < -0.39 is 0 Å². The van der Waals surface area contributed by atoms with Gasteiger partial charge in [0.2, 0.25) is 0 Å². The summed E-state index contributed by atoms with van der Waals surface area (Å²) in [4.78, 5) is 0. The third kappa shape index (κ3) is 6.36. The molecule has 60 heavy (non-hydrogen) atoms. The van der Waals surface area contributed by atoms with Crippen LogP contribution in [0.15, 0.2) is 170 Å². The van der Waals surface area contributed by atoms with Gasteiger partial charge in [0.1, 0.15) is 10.1 Å². The summed E-state index contributed by atoms with van der Waals surface area (Å²) in [6.07, 6.45) is 20.0. The first-order chi connectivity index (χ1) is 29.4. The highest BCUT2D eigenvalue weighted by Gasteiger charge is 2.54. The lowest BCUT2D eigenvalue weighted by molar-refractivity contribution is 0.514. The Hall–Kier alpha value is -5.96. The summed E-state index contributed by atoms with van der Waals surface area (Å²) in [5.74, 6) is 0. The van der Waals surface area contributed by atoms with E-state index in [4.69, 9.17) is 0 Å².